The van der Waals surface area contributed by atoms with Gasteiger partial charge in [-0.05, 0) is 12.0 Å². The van der Waals surface area contributed by atoms with Crippen molar-refractivity contribution in [2.75, 3.05) is 26.8 Å². The predicted molar refractivity (Wildman–Crippen MR) is 79.7 cm³/mol. The zero-order valence-electron chi connectivity index (χ0n) is 11.2. The minimum Gasteiger partial charge on any atom is -0.383 e. The second-order valence-corrected chi connectivity index (χ2v) is 5.21. The molecule has 1 atom stereocenters. The van der Waals surface area contributed by atoms with Gasteiger partial charge in [0.25, 0.3) is 0 Å². The largest absolute Gasteiger partial charge is 0.383 e. The number of hydrogen-bond acceptors (Lipinski definition) is 4. The molecule has 1 aromatic carbocycles. The second-order valence-electron chi connectivity index (χ2n) is 4.49. The van der Waals surface area contributed by atoms with Gasteiger partial charge < -0.3 is 10.1 Å². The first-order valence-electron chi connectivity index (χ1n) is 6.52. The van der Waals surface area contributed by atoms with Crippen LogP contribution in [0.4, 0.5) is 0 Å². The Morgan fingerprint density at radius 1 is 1.32 bits per heavy atom. The average Bonchev–Trinajstić information content (AvgIpc) is 2.96. The Balaban J connectivity index is 1.96. The molecule has 1 N–H and O–H groups in total. The number of hydrogen-bond donors (Lipinski definition) is 1. The summed E-state index contributed by atoms with van der Waals surface area (Å²) < 4.78 is 5.06. The highest BCUT2D eigenvalue weighted by molar-refractivity contribution is 7.07. The van der Waals surface area contributed by atoms with Crippen molar-refractivity contribution < 1.29 is 4.74 Å². The van der Waals surface area contributed by atoms with Gasteiger partial charge in [-0.1, -0.05) is 30.3 Å². The van der Waals surface area contributed by atoms with E-state index in [1.165, 1.54) is 11.3 Å². The van der Waals surface area contributed by atoms with Crippen LogP contribution >= 0.6 is 11.3 Å². The molecule has 0 amide bonds. The SMILES string of the molecule is COCCNCC(Cc1cscn1)c1ccccc1. The lowest BCUT2D eigenvalue weighted by molar-refractivity contribution is 0.199. The minimum absolute atomic E-state index is 0.458. The van der Waals surface area contributed by atoms with Gasteiger partial charge in [-0.2, -0.15) is 0 Å². The third-order valence-corrected chi connectivity index (χ3v) is 3.72. The maximum absolute atomic E-state index is 5.06. The average molecular weight is 276 g/mol. The van der Waals surface area contributed by atoms with E-state index in [1.807, 2.05) is 5.51 Å². The van der Waals surface area contributed by atoms with Gasteiger partial charge in [0.15, 0.2) is 0 Å². The summed E-state index contributed by atoms with van der Waals surface area (Å²) in [5.74, 6) is 0.458. The normalized spacial score (nSPS) is 12.5. The highest BCUT2D eigenvalue weighted by atomic mass is 32.1. The van der Waals surface area contributed by atoms with Crippen molar-refractivity contribution in [3.63, 3.8) is 0 Å². The molecule has 2 rings (SSSR count). The van der Waals surface area contributed by atoms with E-state index in [0.717, 1.165) is 26.1 Å². The number of nitrogens with one attached hydrogen (secondary N) is 1. The highest BCUT2D eigenvalue weighted by Crippen LogP contribution is 2.20. The van der Waals surface area contributed by atoms with Crippen LogP contribution in [0.5, 0.6) is 0 Å². The van der Waals surface area contributed by atoms with Crippen LogP contribution in [0.1, 0.15) is 17.2 Å². The zero-order valence-corrected chi connectivity index (χ0v) is 12.0. The molecule has 0 saturated carbocycles. The first-order valence-corrected chi connectivity index (χ1v) is 7.46. The van der Waals surface area contributed by atoms with E-state index in [0.29, 0.717) is 5.92 Å². The van der Waals surface area contributed by atoms with Crippen molar-refractivity contribution in [3.8, 4) is 0 Å². The summed E-state index contributed by atoms with van der Waals surface area (Å²) in [6.45, 7) is 2.58. The quantitative estimate of drug-likeness (QED) is 0.753. The third-order valence-electron chi connectivity index (χ3n) is 3.08. The lowest BCUT2D eigenvalue weighted by Crippen LogP contribution is -2.26. The second kappa shape index (κ2) is 8.04. The summed E-state index contributed by atoms with van der Waals surface area (Å²) in [6, 6.07) is 10.6. The monoisotopic (exact) mass is 276 g/mol. The Labute approximate surface area is 118 Å². The summed E-state index contributed by atoms with van der Waals surface area (Å²) in [5.41, 5.74) is 4.43. The molecule has 102 valence electrons. The zero-order chi connectivity index (χ0) is 13.3. The van der Waals surface area contributed by atoms with Crippen molar-refractivity contribution >= 4 is 11.3 Å². The van der Waals surface area contributed by atoms with Crippen LogP contribution in [0.15, 0.2) is 41.2 Å². The van der Waals surface area contributed by atoms with Gasteiger partial charge in [0, 0.05) is 31.5 Å². The Morgan fingerprint density at radius 2 is 2.16 bits per heavy atom. The van der Waals surface area contributed by atoms with E-state index in [1.54, 1.807) is 18.4 Å². The van der Waals surface area contributed by atoms with Crippen LogP contribution in [0.25, 0.3) is 0 Å². The molecule has 0 aliphatic heterocycles. The number of aromatic nitrogens is 1. The molecule has 0 aliphatic carbocycles. The van der Waals surface area contributed by atoms with Crippen LogP contribution < -0.4 is 5.32 Å². The van der Waals surface area contributed by atoms with Crippen LogP contribution in [0.2, 0.25) is 0 Å². The smallest absolute Gasteiger partial charge is 0.0794 e. The van der Waals surface area contributed by atoms with E-state index in [-0.39, 0.29) is 0 Å². The Kier molecular flexibility index (Phi) is 6.01. The van der Waals surface area contributed by atoms with Gasteiger partial charge in [-0.3, -0.25) is 0 Å². The van der Waals surface area contributed by atoms with Crippen molar-refractivity contribution in [3.05, 3.63) is 52.5 Å². The van der Waals surface area contributed by atoms with Gasteiger partial charge in [0.1, 0.15) is 0 Å². The maximum Gasteiger partial charge on any atom is 0.0794 e. The standard InChI is InChI=1S/C15H20N2OS/c1-18-8-7-16-10-14(9-15-11-19-12-17-15)13-5-3-2-4-6-13/h2-6,11-12,14,16H,7-10H2,1H3. The van der Waals surface area contributed by atoms with Gasteiger partial charge in [0.2, 0.25) is 0 Å². The summed E-state index contributed by atoms with van der Waals surface area (Å²) in [5, 5.41) is 5.58. The topological polar surface area (TPSA) is 34.1 Å². The lowest BCUT2D eigenvalue weighted by atomic mass is 9.94. The summed E-state index contributed by atoms with van der Waals surface area (Å²) in [7, 11) is 1.73. The fraction of sp³-hybridized carbons (Fsp3) is 0.400. The number of thiazole rings is 1. The maximum atomic E-state index is 5.06. The van der Waals surface area contributed by atoms with Crippen LogP contribution in [0, 0.1) is 0 Å². The Bertz CT molecular complexity index is 444. The predicted octanol–water partition coefficient (Wildman–Crippen LogP) is 2.71. The molecule has 0 saturated heterocycles. The first kappa shape index (κ1) is 14.2. The molecule has 0 radical (unpaired) electrons. The van der Waals surface area contributed by atoms with E-state index in [9.17, 15) is 0 Å². The number of rotatable bonds is 8. The van der Waals surface area contributed by atoms with Gasteiger partial charge in [0.05, 0.1) is 17.8 Å². The van der Waals surface area contributed by atoms with Crippen molar-refractivity contribution in [1.82, 2.24) is 10.3 Å². The molecule has 0 bridgehead atoms. The summed E-state index contributed by atoms with van der Waals surface area (Å²) in [6.07, 6.45) is 0.980. The lowest BCUT2D eigenvalue weighted by Gasteiger charge is -2.17. The molecule has 2 aromatic rings. The minimum atomic E-state index is 0.458. The molecule has 0 aliphatic rings. The van der Waals surface area contributed by atoms with Gasteiger partial charge in [-0.15, -0.1) is 11.3 Å². The van der Waals surface area contributed by atoms with Crippen LogP contribution in [0.3, 0.4) is 0 Å². The molecule has 3 nitrogen and oxygen atoms in total. The first-order chi connectivity index (χ1) is 9.40. The molecule has 1 heterocycles. The van der Waals surface area contributed by atoms with Crippen LogP contribution in [-0.2, 0) is 11.2 Å². The number of methoxy groups -OCH3 is 1. The van der Waals surface area contributed by atoms with Crippen molar-refractivity contribution in [2.24, 2.45) is 0 Å². The molecule has 0 spiro atoms. The van der Waals surface area contributed by atoms with E-state index < -0.39 is 0 Å². The number of nitrogens with zero attached hydrogens (tertiary/aromatic N) is 1. The van der Waals surface area contributed by atoms with Gasteiger partial charge >= 0.3 is 0 Å². The van der Waals surface area contributed by atoms with Crippen LogP contribution in [-0.4, -0.2) is 31.8 Å². The third kappa shape index (κ3) is 4.74. The fourth-order valence-corrected chi connectivity index (χ4v) is 2.65. The molecular formula is C15H20N2OS. The van der Waals surface area contributed by atoms with E-state index >= 15 is 0 Å². The molecule has 1 unspecified atom stereocenters. The molecule has 19 heavy (non-hydrogen) atoms. The highest BCUT2D eigenvalue weighted by Gasteiger charge is 2.12. The Morgan fingerprint density at radius 3 is 2.84 bits per heavy atom. The van der Waals surface area contributed by atoms with E-state index in [4.69, 9.17) is 4.74 Å². The summed E-state index contributed by atoms with van der Waals surface area (Å²) >= 11 is 1.66. The number of benzene rings is 1. The van der Waals surface area contributed by atoms with Crippen molar-refractivity contribution in [2.45, 2.75) is 12.3 Å². The Hall–Kier alpha value is -1.23. The van der Waals surface area contributed by atoms with Gasteiger partial charge in [-0.25, -0.2) is 4.98 Å². The summed E-state index contributed by atoms with van der Waals surface area (Å²) in [4.78, 5) is 4.39. The molecular weight excluding hydrogens is 256 g/mol. The van der Waals surface area contributed by atoms with E-state index in [2.05, 4.69) is 46.0 Å². The number of ether oxygens (including phenoxy) is 1. The molecule has 4 heteroatoms. The molecule has 1 aromatic heterocycles. The fourth-order valence-electron chi connectivity index (χ4n) is 2.07. The molecule has 0 fully saturated rings. The van der Waals surface area contributed by atoms with Crippen molar-refractivity contribution in [1.29, 1.82) is 0 Å².